The van der Waals surface area contributed by atoms with Gasteiger partial charge in [-0.05, 0) is 98.9 Å². The molecule has 0 bridgehead atoms. The van der Waals surface area contributed by atoms with Crippen LogP contribution in [-0.2, 0) is 6.18 Å². The molecular weight excluding hydrogens is 591 g/mol. The minimum Gasteiger partial charge on any atom is -0.370 e. The summed E-state index contributed by atoms with van der Waals surface area (Å²) in [4.78, 5) is 8.97. The average Bonchev–Trinajstić information content (AvgIpc) is 3.48. The predicted molar refractivity (Wildman–Crippen MR) is 170 cm³/mol. The molecule has 0 spiro atoms. The topological polar surface area (TPSA) is 36.3 Å². The number of benzene rings is 2. The molecule has 43 heavy (non-hydrogen) atoms. The number of alkyl halides is 3. The number of para-hydroxylation sites is 1. The van der Waals surface area contributed by atoms with E-state index in [2.05, 4.69) is 22.1 Å². The van der Waals surface area contributed by atoms with Gasteiger partial charge in [0.05, 0.1) is 39.7 Å². The van der Waals surface area contributed by atoms with Gasteiger partial charge >= 0.3 is 6.18 Å². The van der Waals surface area contributed by atoms with Crippen molar-refractivity contribution in [2.45, 2.75) is 51.9 Å². The molecule has 2 fully saturated rings. The maximum absolute atomic E-state index is 14.1. The Hall–Kier alpha value is -3.56. The largest absolute Gasteiger partial charge is 0.418 e. The fourth-order valence-electron chi connectivity index (χ4n) is 6.47. The van der Waals surface area contributed by atoms with Crippen molar-refractivity contribution in [3.63, 3.8) is 0 Å². The summed E-state index contributed by atoms with van der Waals surface area (Å²) in [7, 11) is 0. The van der Waals surface area contributed by atoms with Crippen LogP contribution in [0.25, 0.3) is 5.69 Å². The lowest BCUT2D eigenvalue weighted by Crippen LogP contribution is -2.33. The minimum atomic E-state index is -4.50. The standard InChI is InChI=1S/C33H33ClF3N5S/c1-20-13-16-40(17-14-20)29-12-11-23(19-26(29)34)42-31(30(39-32(42)43)27-9-6-7-15-38-27)24-18-21(2)41(22(24)3)28-10-5-4-8-25(28)33(35,36)37/h4-12,15,18-20,30-31H,13-14,16-17H2,1-3H3,(H,39,43)/t30-,31-/m1/s1. The smallest absolute Gasteiger partial charge is 0.370 e. The molecule has 4 heterocycles. The Kier molecular flexibility index (Phi) is 7.89. The van der Waals surface area contributed by atoms with E-state index in [4.69, 9.17) is 23.8 Å². The zero-order valence-corrected chi connectivity index (χ0v) is 25.8. The van der Waals surface area contributed by atoms with Crippen LogP contribution >= 0.6 is 23.8 Å². The molecule has 0 radical (unpaired) electrons. The van der Waals surface area contributed by atoms with Gasteiger partial charge in [0.1, 0.15) is 0 Å². The van der Waals surface area contributed by atoms with Crippen LogP contribution in [0.5, 0.6) is 0 Å². The summed E-state index contributed by atoms with van der Waals surface area (Å²) in [5.74, 6) is 0.703. The quantitative estimate of drug-likeness (QED) is 0.225. The molecule has 0 unspecified atom stereocenters. The Bertz CT molecular complexity index is 1650. The molecule has 2 aromatic carbocycles. The lowest BCUT2D eigenvalue weighted by molar-refractivity contribution is -0.137. The minimum absolute atomic E-state index is 0.0916. The monoisotopic (exact) mass is 623 g/mol. The van der Waals surface area contributed by atoms with Gasteiger partial charge in [-0.1, -0.05) is 36.7 Å². The van der Waals surface area contributed by atoms with Crippen LogP contribution < -0.4 is 15.1 Å². The van der Waals surface area contributed by atoms with Crippen molar-refractivity contribution in [3.8, 4) is 5.69 Å². The van der Waals surface area contributed by atoms with E-state index >= 15 is 0 Å². The fraction of sp³-hybridized carbons (Fsp3) is 0.333. The first kappa shape index (κ1) is 29.5. The molecule has 4 aromatic rings. The fourth-order valence-corrected chi connectivity index (χ4v) is 7.11. The molecule has 2 aliphatic rings. The molecule has 0 saturated carbocycles. The molecule has 2 aliphatic heterocycles. The number of pyridine rings is 1. The summed E-state index contributed by atoms with van der Waals surface area (Å²) >= 11 is 12.8. The van der Waals surface area contributed by atoms with E-state index in [0.717, 1.165) is 54.6 Å². The lowest BCUT2D eigenvalue weighted by atomic mass is 9.96. The average molecular weight is 624 g/mol. The van der Waals surface area contributed by atoms with Gasteiger partial charge in [-0.2, -0.15) is 13.2 Å². The van der Waals surface area contributed by atoms with E-state index in [9.17, 15) is 13.2 Å². The Morgan fingerprint density at radius 1 is 0.953 bits per heavy atom. The Balaban J connectivity index is 1.46. The third-order valence-electron chi connectivity index (χ3n) is 8.67. The predicted octanol–water partition coefficient (Wildman–Crippen LogP) is 8.57. The molecular formula is C33H33ClF3N5S. The number of aryl methyl sites for hydroxylation is 1. The molecule has 5 nitrogen and oxygen atoms in total. The highest BCUT2D eigenvalue weighted by Gasteiger charge is 2.43. The molecule has 0 amide bonds. The second kappa shape index (κ2) is 11.5. The van der Waals surface area contributed by atoms with Crippen molar-refractivity contribution in [2.24, 2.45) is 5.92 Å². The number of halogens is 4. The number of hydrogen-bond acceptors (Lipinski definition) is 3. The van der Waals surface area contributed by atoms with Crippen molar-refractivity contribution >= 4 is 40.3 Å². The van der Waals surface area contributed by atoms with Gasteiger partial charge in [-0.15, -0.1) is 0 Å². The summed E-state index contributed by atoms with van der Waals surface area (Å²) in [5, 5.41) is 4.59. The first-order valence-electron chi connectivity index (χ1n) is 14.4. The molecule has 10 heteroatoms. The third kappa shape index (κ3) is 5.49. The normalized spacial score (nSPS) is 19.7. The molecule has 2 atom stereocenters. The Morgan fingerprint density at radius 3 is 2.35 bits per heavy atom. The van der Waals surface area contributed by atoms with Crippen LogP contribution in [0, 0.1) is 19.8 Å². The van der Waals surface area contributed by atoms with Gasteiger partial charge in [-0.3, -0.25) is 4.98 Å². The number of nitrogens with one attached hydrogen (secondary N) is 1. The van der Waals surface area contributed by atoms with Crippen molar-refractivity contribution in [2.75, 3.05) is 22.9 Å². The van der Waals surface area contributed by atoms with Crippen molar-refractivity contribution in [1.29, 1.82) is 0 Å². The van der Waals surface area contributed by atoms with E-state index in [1.165, 1.54) is 12.1 Å². The molecule has 0 aliphatic carbocycles. The first-order chi connectivity index (χ1) is 20.5. The zero-order chi connectivity index (χ0) is 30.5. The van der Waals surface area contributed by atoms with Crippen molar-refractivity contribution in [3.05, 3.63) is 106 Å². The molecule has 2 aromatic heterocycles. The van der Waals surface area contributed by atoms with E-state index < -0.39 is 17.8 Å². The lowest BCUT2D eigenvalue weighted by Gasteiger charge is -2.33. The second-order valence-electron chi connectivity index (χ2n) is 11.5. The number of rotatable bonds is 5. The van der Waals surface area contributed by atoms with E-state index in [-0.39, 0.29) is 11.7 Å². The highest BCUT2D eigenvalue weighted by atomic mass is 35.5. The molecule has 224 valence electrons. The van der Waals surface area contributed by atoms with Crippen molar-refractivity contribution in [1.82, 2.24) is 14.9 Å². The SMILES string of the molecule is Cc1cc([C@@H]2[C@@H](c3ccccn3)NC(=S)N2c2ccc(N3CCC(C)CC3)c(Cl)c2)c(C)n1-c1ccccc1C(F)(F)F. The van der Waals surface area contributed by atoms with Gasteiger partial charge < -0.3 is 19.7 Å². The van der Waals surface area contributed by atoms with E-state index in [1.54, 1.807) is 16.8 Å². The summed E-state index contributed by atoms with van der Waals surface area (Å²) in [6.07, 6.45) is -0.518. The molecule has 1 N–H and O–H groups in total. The van der Waals surface area contributed by atoms with Gasteiger partial charge in [0.15, 0.2) is 5.11 Å². The number of thiocarbonyl (C=S) groups is 1. The number of nitrogens with zero attached hydrogens (tertiary/aromatic N) is 4. The number of piperidine rings is 1. The summed E-state index contributed by atoms with van der Waals surface area (Å²) in [6.45, 7) is 7.88. The number of anilines is 2. The van der Waals surface area contributed by atoms with E-state index in [1.807, 2.05) is 61.2 Å². The van der Waals surface area contributed by atoms with Gasteiger partial charge in [0, 0.05) is 36.4 Å². The van der Waals surface area contributed by atoms with Gasteiger partial charge in [0.25, 0.3) is 0 Å². The van der Waals surface area contributed by atoms with Crippen LogP contribution in [0.3, 0.4) is 0 Å². The van der Waals surface area contributed by atoms with Crippen LogP contribution in [0.4, 0.5) is 24.5 Å². The summed E-state index contributed by atoms with van der Waals surface area (Å²) in [6, 6.07) is 18.6. The maximum Gasteiger partial charge on any atom is 0.418 e. The van der Waals surface area contributed by atoms with E-state index in [0.29, 0.717) is 27.4 Å². The summed E-state index contributed by atoms with van der Waals surface area (Å²) in [5.41, 5.74) is 4.22. The van der Waals surface area contributed by atoms with Crippen molar-refractivity contribution < 1.29 is 13.2 Å². The highest BCUT2D eigenvalue weighted by molar-refractivity contribution is 7.80. The summed E-state index contributed by atoms with van der Waals surface area (Å²) < 4.78 is 43.9. The van der Waals surface area contributed by atoms with Crippen LogP contribution in [0.2, 0.25) is 5.02 Å². The Labute approximate surface area is 260 Å². The van der Waals surface area contributed by atoms with Crippen LogP contribution in [0.1, 0.15) is 60.1 Å². The number of hydrogen-bond donors (Lipinski definition) is 1. The second-order valence-corrected chi connectivity index (χ2v) is 12.3. The molecule has 2 saturated heterocycles. The Morgan fingerprint density at radius 2 is 1.67 bits per heavy atom. The zero-order valence-electron chi connectivity index (χ0n) is 24.2. The first-order valence-corrected chi connectivity index (χ1v) is 15.2. The van der Waals surface area contributed by atoms with Crippen LogP contribution in [0.15, 0.2) is 72.9 Å². The molecule has 6 rings (SSSR count). The third-order valence-corrected chi connectivity index (χ3v) is 9.29. The highest BCUT2D eigenvalue weighted by Crippen LogP contribution is 2.46. The maximum atomic E-state index is 14.1. The van der Waals surface area contributed by atoms with Gasteiger partial charge in [0.2, 0.25) is 0 Å². The van der Waals surface area contributed by atoms with Gasteiger partial charge in [-0.25, -0.2) is 0 Å². The van der Waals surface area contributed by atoms with Crippen LogP contribution in [-0.4, -0.2) is 27.8 Å². The number of aromatic nitrogens is 2.